The molecule has 9 nitrogen and oxygen atoms in total. The van der Waals surface area contributed by atoms with Gasteiger partial charge >= 0.3 is 0 Å². The number of carbonyl (C=O) groups is 2. The highest BCUT2D eigenvalue weighted by Crippen LogP contribution is 2.51. The molecular weight excluding hydrogens is 476 g/mol. The van der Waals surface area contributed by atoms with Gasteiger partial charge in [-0.3, -0.25) is 14.4 Å². The summed E-state index contributed by atoms with van der Waals surface area (Å²) in [5, 5.41) is 13.3. The molecule has 1 aromatic carbocycles. The van der Waals surface area contributed by atoms with Crippen molar-refractivity contribution in [3.05, 3.63) is 62.1 Å². The summed E-state index contributed by atoms with van der Waals surface area (Å²) in [6, 6.07) is 2.28. The molecule has 3 aliphatic heterocycles. The van der Waals surface area contributed by atoms with Gasteiger partial charge in [-0.05, 0) is 43.9 Å². The van der Waals surface area contributed by atoms with Crippen LogP contribution in [-0.4, -0.2) is 59.8 Å². The number of hydrogen-bond acceptors (Lipinski definition) is 6. The van der Waals surface area contributed by atoms with E-state index >= 15 is 0 Å². The Kier molecular flexibility index (Phi) is 5.87. The van der Waals surface area contributed by atoms with E-state index in [1.165, 1.54) is 21.1 Å². The number of amides is 2. The first kappa shape index (κ1) is 24.4. The average molecular weight is 504 g/mol. The van der Waals surface area contributed by atoms with Crippen molar-refractivity contribution in [3.63, 3.8) is 0 Å². The molecule has 0 radical (unpaired) electrons. The second kappa shape index (κ2) is 8.67. The first-order chi connectivity index (χ1) is 17.2. The summed E-state index contributed by atoms with van der Waals surface area (Å²) in [4.78, 5) is 41.6. The summed E-state index contributed by atoms with van der Waals surface area (Å²) in [5.41, 5.74) is -2.43. The van der Waals surface area contributed by atoms with Crippen molar-refractivity contribution < 1.29 is 33.0 Å². The molecule has 0 aliphatic carbocycles. The molecule has 11 heteroatoms. The van der Waals surface area contributed by atoms with Gasteiger partial charge in [-0.2, -0.15) is 0 Å². The molecule has 3 atom stereocenters. The fourth-order valence-corrected chi connectivity index (χ4v) is 6.08. The summed E-state index contributed by atoms with van der Waals surface area (Å²) in [5.74, 6) is -3.97. The first-order valence-electron chi connectivity index (χ1n) is 11.8. The van der Waals surface area contributed by atoms with Crippen molar-refractivity contribution in [2.45, 2.75) is 50.5 Å². The van der Waals surface area contributed by atoms with Crippen molar-refractivity contribution in [1.29, 1.82) is 0 Å². The van der Waals surface area contributed by atoms with E-state index in [1.54, 1.807) is 9.47 Å². The molecular formula is C25H27F2N3O6. The minimum Gasteiger partial charge on any atom is -0.503 e. The Hall–Kier alpha value is -3.31. The van der Waals surface area contributed by atoms with Gasteiger partial charge in [-0.25, -0.2) is 8.78 Å². The Morgan fingerprint density at radius 1 is 1.19 bits per heavy atom. The third-order valence-corrected chi connectivity index (χ3v) is 7.59. The van der Waals surface area contributed by atoms with Crippen molar-refractivity contribution >= 4 is 11.8 Å². The zero-order chi connectivity index (χ0) is 25.9. The van der Waals surface area contributed by atoms with Gasteiger partial charge in [0.15, 0.2) is 11.4 Å². The second-order valence-corrected chi connectivity index (χ2v) is 9.61. The molecule has 0 saturated carbocycles. The number of rotatable bonds is 5. The van der Waals surface area contributed by atoms with Gasteiger partial charge in [0, 0.05) is 39.4 Å². The van der Waals surface area contributed by atoms with Crippen molar-refractivity contribution in [3.8, 4) is 5.75 Å². The highest BCUT2D eigenvalue weighted by molar-refractivity contribution is 6.01. The Balaban J connectivity index is 1.67. The molecule has 36 heavy (non-hydrogen) atoms. The largest absolute Gasteiger partial charge is 0.503 e. The molecule has 192 valence electrons. The number of hydrogen-bond donors (Lipinski definition) is 2. The van der Waals surface area contributed by atoms with E-state index in [0.717, 1.165) is 25.0 Å². The quantitative estimate of drug-likeness (QED) is 0.647. The van der Waals surface area contributed by atoms with E-state index in [-0.39, 0.29) is 23.5 Å². The maximum Gasteiger partial charge on any atom is 0.274 e. The molecule has 1 aromatic heterocycles. The number of nitrogens with one attached hydrogen (secondary N) is 1. The fraction of sp³-hybridized carbons (Fsp3) is 0.480. The standard InChI is InChI=1S/C25H27F2N3O6/c1-12-8-14(26)13(15(27)9-12)10-28-23(33)16-17-21(35-2)22(36-3)25-6-4-5-7-29(11-25)24(34)18(30(17)25)20(32)19(16)31/h8-9,21-22,32H,4-7,10-11H2,1-3H3,(H,28,33)/t21-,22+,25+/m1/s1. The van der Waals surface area contributed by atoms with E-state index < -0.39 is 64.5 Å². The molecule has 0 unspecified atom stereocenters. The molecule has 2 amide bonds. The monoisotopic (exact) mass is 503 g/mol. The summed E-state index contributed by atoms with van der Waals surface area (Å²) >= 11 is 0. The van der Waals surface area contributed by atoms with E-state index in [2.05, 4.69) is 5.32 Å². The lowest BCUT2D eigenvalue weighted by Gasteiger charge is -2.44. The maximum atomic E-state index is 14.3. The number of benzene rings is 1. The van der Waals surface area contributed by atoms with Crippen LogP contribution in [0.1, 0.15) is 63.0 Å². The summed E-state index contributed by atoms with van der Waals surface area (Å²) in [6.45, 7) is 1.75. The van der Waals surface area contributed by atoms with Crippen molar-refractivity contribution in [2.75, 3.05) is 27.3 Å². The number of halogens is 2. The topological polar surface area (TPSA) is 110 Å². The predicted octanol–water partition coefficient (Wildman–Crippen LogP) is 2.12. The second-order valence-electron chi connectivity index (χ2n) is 9.61. The summed E-state index contributed by atoms with van der Waals surface area (Å²) in [6.07, 6.45) is 0.492. The van der Waals surface area contributed by atoms with Gasteiger partial charge in [0.05, 0.1) is 11.2 Å². The van der Waals surface area contributed by atoms with Gasteiger partial charge in [0.25, 0.3) is 11.8 Å². The maximum absolute atomic E-state index is 14.3. The van der Waals surface area contributed by atoms with Crippen LogP contribution in [0, 0.1) is 18.6 Å². The Morgan fingerprint density at radius 3 is 2.53 bits per heavy atom. The van der Waals surface area contributed by atoms with Crippen molar-refractivity contribution in [1.82, 2.24) is 14.8 Å². The number of aromatic hydroxyl groups is 1. The van der Waals surface area contributed by atoms with E-state index in [9.17, 15) is 28.3 Å². The third kappa shape index (κ3) is 3.29. The lowest BCUT2D eigenvalue weighted by Crippen LogP contribution is -2.57. The highest BCUT2D eigenvalue weighted by atomic mass is 19.1. The minimum absolute atomic E-state index is 0.111. The molecule has 1 fully saturated rings. The number of aromatic nitrogens is 1. The predicted molar refractivity (Wildman–Crippen MR) is 123 cm³/mol. The number of fused-ring (bicyclic) bond motifs is 1. The SMILES string of the molecule is CO[C@@H]1c2c(C(=O)NCc3c(F)cc(C)cc3F)c(=O)c(O)c3n2[C@]2(CCCCN(C2)C3=O)[C@H]1OC. The Labute approximate surface area is 205 Å². The lowest BCUT2D eigenvalue weighted by atomic mass is 9.85. The molecule has 2 N–H and O–H groups in total. The van der Waals surface area contributed by atoms with Crippen molar-refractivity contribution in [2.24, 2.45) is 0 Å². The van der Waals surface area contributed by atoms with Gasteiger partial charge < -0.3 is 29.4 Å². The van der Waals surface area contributed by atoms with Crippen LogP contribution in [0.4, 0.5) is 8.78 Å². The number of pyridine rings is 1. The van der Waals surface area contributed by atoms with E-state index in [1.807, 2.05) is 0 Å². The van der Waals surface area contributed by atoms with E-state index in [4.69, 9.17) is 9.47 Å². The number of ether oxygens (including phenoxy) is 2. The summed E-state index contributed by atoms with van der Waals surface area (Å²) < 4.78 is 41.8. The molecule has 2 bridgehead atoms. The van der Waals surface area contributed by atoms with E-state index in [0.29, 0.717) is 18.5 Å². The number of carbonyl (C=O) groups excluding carboxylic acids is 2. The Bertz CT molecular complexity index is 1320. The van der Waals surface area contributed by atoms with Gasteiger partial charge in [0.2, 0.25) is 5.43 Å². The summed E-state index contributed by atoms with van der Waals surface area (Å²) in [7, 11) is 2.90. The molecule has 3 aliphatic rings. The van der Waals surface area contributed by atoms with Crippen LogP contribution in [-0.2, 0) is 21.6 Å². The smallest absolute Gasteiger partial charge is 0.274 e. The zero-order valence-corrected chi connectivity index (χ0v) is 20.2. The van der Waals surface area contributed by atoms with Crippen LogP contribution in [0.15, 0.2) is 16.9 Å². The highest BCUT2D eigenvalue weighted by Gasteiger charge is 2.60. The van der Waals surface area contributed by atoms with Crippen LogP contribution in [0.5, 0.6) is 5.75 Å². The fourth-order valence-electron chi connectivity index (χ4n) is 6.08. The van der Waals surface area contributed by atoms with Crippen LogP contribution in [0.2, 0.25) is 0 Å². The van der Waals surface area contributed by atoms with Gasteiger partial charge in [0.1, 0.15) is 29.4 Å². The number of methoxy groups -OCH3 is 2. The van der Waals surface area contributed by atoms with Gasteiger partial charge in [-0.1, -0.05) is 0 Å². The molecule has 2 aromatic rings. The number of nitrogens with zero attached hydrogens (tertiary/aromatic N) is 2. The number of aryl methyl sites for hydroxylation is 1. The van der Waals surface area contributed by atoms with Crippen LogP contribution < -0.4 is 10.7 Å². The third-order valence-electron chi connectivity index (χ3n) is 7.59. The molecule has 4 heterocycles. The lowest BCUT2D eigenvalue weighted by molar-refractivity contribution is -0.0817. The Morgan fingerprint density at radius 2 is 1.89 bits per heavy atom. The molecule has 1 saturated heterocycles. The first-order valence-corrected chi connectivity index (χ1v) is 11.8. The zero-order valence-electron chi connectivity index (χ0n) is 20.2. The molecule has 5 rings (SSSR count). The van der Waals surface area contributed by atoms with Crippen LogP contribution in [0.25, 0.3) is 0 Å². The normalized spacial score (nSPS) is 24.5. The minimum atomic E-state index is -1.05. The van der Waals surface area contributed by atoms with Crippen LogP contribution >= 0.6 is 0 Å². The average Bonchev–Trinajstić information content (AvgIpc) is 2.95. The molecule has 1 spiro atoms. The van der Waals surface area contributed by atoms with Gasteiger partial charge in [-0.15, -0.1) is 0 Å². The van der Waals surface area contributed by atoms with Crippen LogP contribution in [0.3, 0.4) is 0 Å².